The average Bonchev–Trinajstić information content (AvgIpc) is 2.46. The summed E-state index contributed by atoms with van der Waals surface area (Å²) in [5, 5.41) is 12.1. The lowest BCUT2D eigenvalue weighted by Gasteiger charge is -2.33. The molecule has 4 nitrogen and oxygen atoms in total. The molecule has 1 aromatic heterocycles. The van der Waals surface area contributed by atoms with Gasteiger partial charge in [-0.3, -0.25) is 0 Å². The van der Waals surface area contributed by atoms with Gasteiger partial charge in [0.25, 0.3) is 0 Å². The summed E-state index contributed by atoms with van der Waals surface area (Å²) in [5.41, 5.74) is 0. The Hall–Kier alpha value is -1.43. The number of hydrogen-bond donors (Lipinski definition) is 2. The first-order valence-electron chi connectivity index (χ1n) is 7.11. The van der Waals surface area contributed by atoms with E-state index in [0.29, 0.717) is 19.6 Å². The zero-order valence-electron chi connectivity index (χ0n) is 11.7. The number of rotatable bonds is 5. The van der Waals surface area contributed by atoms with Crippen LogP contribution in [0.1, 0.15) is 26.2 Å². The van der Waals surface area contributed by atoms with Crippen LogP contribution in [0.15, 0.2) is 6.07 Å². The predicted molar refractivity (Wildman–Crippen MR) is 75.0 cm³/mol. The molecule has 1 unspecified atom stereocenters. The molecule has 20 heavy (non-hydrogen) atoms. The van der Waals surface area contributed by atoms with Crippen molar-refractivity contribution in [3.05, 3.63) is 17.7 Å². The summed E-state index contributed by atoms with van der Waals surface area (Å²) in [6.45, 7) is 3.87. The number of piperidine rings is 1. The van der Waals surface area contributed by atoms with Crippen molar-refractivity contribution in [2.24, 2.45) is 5.92 Å². The standard InChI is InChI=1S/C14H21F2N3O/c1-2-5-17-13-11(15)7-12(16)14(18-13)19-6-3-4-10(8-19)9-20/h7,10,20H,2-6,8-9H2,1H3,(H,17,18). The fourth-order valence-electron chi connectivity index (χ4n) is 2.45. The summed E-state index contributed by atoms with van der Waals surface area (Å²) < 4.78 is 27.6. The van der Waals surface area contributed by atoms with Crippen molar-refractivity contribution in [1.82, 2.24) is 4.98 Å². The lowest BCUT2D eigenvalue weighted by molar-refractivity contribution is 0.208. The van der Waals surface area contributed by atoms with Crippen molar-refractivity contribution < 1.29 is 13.9 Å². The Bertz CT molecular complexity index is 456. The van der Waals surface area contributed by atoms with Gasteiger partial charge in [-0.05, 0) is 25.2 Å². The number of aromatic nitrogens is 1. The zero-order chi connectivity index (χ0) is 14.5. The molecule has 1 atom stereocenters. The van der Waals surface area contributed by atoms with Gasteiger partial charge in [0.1, 0.15) is 0 Å². The minimum Gasteiger partial charge on any atom is -0.396 e. The van der Waals surface area contributed by atoms with Crippen LogP contribution in [-0.2, 0) is 0 Å². The SMILES string of the molecule is CCCNc1nc(N2CCCC(CO)C2)c(F)cc1F. The Labute approximate surface area is 117 Å². The minimum atomic E-state index is -0.671. The van der Waals surface area contributed by atoms with E-state index >= 15 is 0 Å². The van der Waals surface area contributed by atoms with E-state index in [0.717, 1.165) is 25.3 Å². The molecule has 1 aliphatic rings. The molecule has 0 amide bonds. The second kappa shape index (κ2) is 6.83. The Morgan fingerprint density at radius 1 is 1.45 bits per heavy atom. The van der Waals surface area contributed by atoms with Crippen LogP contribution in [0.4, 0.5) is 20.4 Å². The highest BCUT2D eigenvalue weighted by Crippen LogP contribution is 2.26. The average molecular weight is 285 g/mol. The second-order valence-electron chi connectivity index (χ2n) is 5.19. The maximum atomic E-state index is 13.9. The van der Waals surface area contributed by atoms with Crippen molar-refractivity contribution in [1.29, 1.82) is 0 Å². The van der Waals surface area contributed by atoms with E-state index < -0.39 is 11.6 Å². The molecule has 112 valence electrons. The third-order valence-corrected chi connectivity index (χ3v) is 3.53. The first-order chi connectivity index (χ1) is 9.65. The third kappa shape index (κ3) is 3.36. The number of aliphatic hydroxyl groups is 1. The third-order valence-electron chi connectivity index (χ3n) is 3.53. The lowest BCUT2D eigenvalue weighted by atomic mass is 9.99. The van der Waals surface area contributed by atoms with Crippen LogP contribution in [-0.4, -0.2) is 36.3 Å². The van der Waals surface area contributed by atoms with Crippen molar-refractivity contribution in [2.75, 3.05) is 36.5 Å². The maximum absolute atomic E-state index is 13.9. The first-order valence-corrected chi connectivity index (χ1v) is 7.11. The summed E-state index contributed by atoms with van der Waals surface area (Å²) in [6, 6.07) is 0.878. The van der Waals surface area contributed by atoms with E-state index in [-0.39, 0.29) is 24.2 Å². The molecular formula is C14H21F2N3O. The molecule has 2 heterocycles. The number of anilines is 2. The Balaban J connectivity index is 2.21. The number of hydrogen-bond acceptors (Lipinski definition) is 4. The molecular weight excluding hydrogens is 264 g/mol. The van der Waals surface area contributed by atoms with Gasteiger partial charge >= 0.3 is 0 Å². The molecule has 0 aliphatic carbocycles. The predicted octanol–water partition coefficient (Wildman–Crippen LogP) is 2.39. The normalized spacial score (nSPS) is 19.2. The Morgan fingerprint density at radius 2 is 2.25 bits per heavy atom. The number of nitrogens with zero attached hydrogens (tertiary/aromatic N) is 2. The Morgan fingerprint density at radius 3 is 2.95 bits per heavy atom. The summed E-state index contributed by atoms with van der Waals surface area (Å²) in [7, 11) is 0. The highest BCUT2D eigenvalue weighted by atomic mass is 19.1. The van der Waals surface area contributed by atoms with Crippen LogP contribution in [0.25, 0.3) is 0 Å². The fourth-order valence-corrected chi connectivity index (χ4v) is 2.45. The first kappa shape index (κ1) is 15.0. The molecule has 6 heteroatoms. The molecule has 2 rings (SSSR count). The minimum absolute atomic E-state index is 0.0836. The molecule has 0 saturated carbocycles. The Kier molecular flexibility index (Phi) is 5.11. The van der Waals surface area contributed by atoms with Gasteiger partial charge < -0.3 is 15.3 Å². The maximum Gasteiger partial charge on any atom is 0.168 e. The topological polar surface area (TPSA) is 48.4 Å². The summed E-state index contributed by atoms with van der Waals surface area (Å²) in [6.07, 6.45) is 2.64. The van der Waals surface area contributed by atoms with Gasteiger partial charge in [0.2, 0.25) is 0 Å². The van der Waals surface area contributed by atoms with E-state index in [9.17, 15) is 13.9 Å². The highest BCUT2D eigenvalue weighted by molar-refractivity contribution is 5.49. The van der Waals surface area contributed by atoms with Gasteiger partial charge in [-0.1, -0.05) is 6.92 Å². The van der Waals surface area contributed by atoms with Gasteiger partial charge in [0.05, 0.1) is 0 Å². The van der Waals surface area contributed by atoms with Gasteiger partial charge in [-0.2, -0.15) is 0 Å². The van der Waals surface area contributed by atoms with Crippen molar-refractivity contribution in [3.63, 3.8) is 0 Å². The quantitative estimate of drug-likeness (QED) is 0.872. The molecule has 0 radical (unpaired) electrons. The lowest BCUT2D eigenvalue weighted by Crippen LogP contribution is -2.38. The van der Waals surface area contributed by atoms with Gasteiger partial charge in [0.15, 0.2) is 23.3 Å². The van der Waals surface area contributed by atoms with E-state index in [4.69, 9.17) is 0 Å². The molecule has 0 bridgehead atoms. The van der Waals surface area contributed by atoms with E-state index in [1.165, 1.54) is 0 Å². The summed E-state index contributed by atoms with van der Waals surface area (Å²) >= 11 is 0. The van der Waals surface area contributed by atoms with Crippen LogP contribution >= 0.6 is 0 Å². The van der Waals surface area contributed by atoms with Crippen LogP contribution in [0.5, 0.6) is 0 Å². The van der Waals surface area contributed by atoms with Crippen molar-refractivity contribution in [3.8, 4) is 0 Å². The molecule has 1 saturated heterocycles. The molecule has 1 aliphatic heterocycles. The largest absolute Gasteiger partial charge is 0.396 e. The fraction of sp³-hybridized carbons (Fsp3) is 0.643. The smallest absolute Gasteiger partial charge is 0.168 e. The van der Waals surface area contributed by atoms with Crippen molar-refractivity contribution >= 4 is 11.6 Å². The van der Waals surface area contributed by atoms with E-state index in [1.807, 2.05) is 6.92 Å². The number of nitrogens with one attached hydrogen (secondary N) is 1. The molecule has 2 N–H and O–H groups in total. The van der Waals surface area contributed by atoms with Crippen LogP contribution < -0.4 is 10.2 Å². The van der Waals surface area contributed by atoms with Crippen LogP contribution in [0.2, 0.25) is 0 Å². The molecule has 1 aromatic rings. The van der Waals surface area contributed by atoms with E-state index in [1.54, 1.807) is 4.90 Å². The van der Waals surface area contributed by atoms with Crippen molar-refractivity contribution in [2.45, 2.75) is 26.2 Å². The zero-order valence-corrected chi connectivity index (χ0v) is 11.7. The van der Waals surface area contributed by atoms with Crippen LogP contribution in [0, 0.1) is 17.6 Å². The molecule has 0 spiro atoms. The highest BCUT2D eigenvalue weighted by Gasteiger charge is 2.24. The number of halogens is 2. The number of aliphatic hydroxyl groups excluding tert-OH is 1. The van der Waals surface area contributed by atoms with Gasteiger partial charge in [-0.15, -0.1) is 0 Å². The van der Waals surface area contributed by atoms with Gasteiger partial charge in [-0.25, -0.2) is 13.8 Å². The monoisotopic (exact) mass is 285 g/mol. The molecule has 0 aromatic carbocycles. The summed E-state index contributed by atoms with van der Waals surface area (Å²) in [5.74, 6) is -0.932. The van der Waals surface area contributed by atoms with Gasteiger partial charge in [0, 0.05) is 32.3 Å². The molecule has 1 fully saturated rings. The second-order valence-corrected chi connectivity index (χ2v) is 5.19. The van der Waals surface area contributed by atoms with E-state index in [2.05, 4.69) is 10.3 Å². The van der Waals surface area contributed by atoms with Crippen LogP contribution in [0.3, 0.4) is 0 Å². The number of pyridine rings is 1. The summed E-state index contributed by atoms with van der Waals surface area (Å²) in [4.78, 5) is 5.87.